The molecule has 2 heterocycles. The van der Waals surface area contributed by atoms with E-state index in [2.05, 4.69) is 10.5 Å². The fourth-order valence-corrected chi connectivity index (χ4v) is 1.94. The number of furan rings is 1. The van der Waals surface area contributed by atoms with Gasteiger partial charge in [-0.1, -0.05) is 5.16 Å². The number of benzene rings is 1. The molecule has 0 radical (unpaired) electrons. The second kappa shape index (κ2) is 4.86. The van der Waals surface area contributed by atoms with E-state index in [1.165, 1.54) is 7.11 Å². The summed E-state index contributed by atoms with van der Waals surface area (Å²) in [6.45, 7) is 1.70. The molecule has 2 N–H and O–H groups in total. The molecule has 2 aromatic heterocycles. The van der Waals surface area contributed by atoms with Crippen LogP contribution in [-0.2, 0) is 0 Å². The van der Waals surface area contributed by atoms with E-state index in [9.17, 15) is 9.90 Å². The van der Waals surface area contributed by atoms with Gasteiger partial charge < -0.3 is 24.1 Å². The van der Waals surface area contributed by atoms with Crippen molar-refractivity contribution in [3.63, 3.8) is 0 Å². The van der Waals surface area contributed by atoms with Crippen LogP contribution in [0.4, 0.5) is 5.82 Å². The summed E-state index contributed by atoms with van der Waals surface area (Å²) in [4.78, 5) is 12.1. The largest absolute Gasteiger partial charge is 0.504 e. The number of aromatic nitrogens is 1. The number of aromatic hydroxyl groups is 1. The summed E-state index contributed by atoms with van der Waals surface area (Å²) in [6, 6.07) is 6.43. The highest BCUT2D eigenvalue weighted by Gasteiger charge is 2.21. The van der Waals surface area contributed by atoms with Crippen LogP contribution in [0.1, 0.15) is 16.3 Å². The topological polar surface area (TPSA) is 97.7 Å². The highest BCUT2D eigenvalue weighted by molar-refractivity contribution is 6.07. The molecule has 0 bridgehead atoms. The summed E-state index contributed by atoms with van der Waals surface area (Å²) < 4.78 is 15.3. The summed E-state index contributed by atoms with van der Waals surface area (Å²) in [5.41, 5.74) is 0.355. The maximum atomic E-state index is 12.1. The quantitative estimate of drug-likeness (QED) is 0.769. The minimum absolute atomic E-state index is 0.195. The molecule has 108 valence electrons. The molecular formula is C14H12N2O5. The van der Waals surface area contributed by atoms with Crippen molar-refractivity contribution in [3.05, 3.63) is 35.8 Å². The molecule has 1 aromatic carbocycles. The third-order valence-electron chi connectivity index (χ3n) is 2.95. The van der Waals surface area contributed by atoms with Gasteiger partial charge in [0.2, 0.25) is 5.76 Å². The van der Waals surface area contributed by atoms with Crippen LogP contribution in [0.2, 0.25) is 0 Å². The van der Waals surface area contributed by atoms with Gasteiger partial charge in [-0.05, 0) is 19.1 Å². The number of anilines is 1. The van der Waals surface area contributed by atoms with Crippen LogP contribution in [0, 0.1) is 6.92 Å². The minimum Gasteiger partial charge on any atom is -0.504 e. The lowest BCUT2D eigenvalue weighted by atomic mass is 10.2. The maximum Gasteiger partial charge on any atom is 0.296 e. The molecule has 3 rings (SSSR count). The Kier molecular flexibility index (Phi) is 3.02. The number of ether oxygens (including phenoxy) is 1. The zero-order chi connectivity index (χ0) is 15.0. The molecule has 3 aromatic rings. The molecule has 7 nitrogen and oxygen atoms in total. The predicted octanol–water partition coefficient (Wildman–Crippen LogP) is 2.70. The monoisotopic (exact) mass is 288 g/mol. The van der Waals surface area contributed by atoms with Gasteiger partial charge in [0.05, 0.1) is 12.5 Å². The average molecular weight is 288 g/mol. The molecule has 21 heavy (non-hydrogen) atoms. The third-order valence-corrected chi connectivity index (χ3v) is 2.95. The van der Waals surface area contributed by atoms with Crippen LogP contribution in [0.5, 0.6) is 11.5 Å². The van der Waals surface area contributed by atoms with E-state index in [0.717, 1.165) is 0 Å². The molecular weight excluding hydrogens is 276 g/mol. The molecule has 0 aliphatic carbocycles. The second-order valence-electron chi connectivity index (χ2n) is 4.42. The van der Waals surface area contributed by atoms with Gasteiger partial charge in [0.15, 0.2) is 11.6 Å². The first-order valence-electron chi connectivity index (χ1n) is 6.12. The number of aryl methyl sites for hydroxylation is 1. The van der Waals surface area contributed by atoms with Crippen molar-refractivity contribution in [2.75, 3.05) is 12.4 Å². The highest BCUT2D eigenvalue weighted by atomic mass is 16.5. The molecule has 0 aliphatic rings. The van der Waals surface area contributed by atoms with E-state index in [0.29, 0.717) is 22.5 Å². The van der Waals surface area contributed by atoms with Gasteiger partial charge in [0.1, 0.15) is 17.1 Å². The SMILES string of the molecule is COc1ccc2c(O)c(C(=O)Nc3cc(C)on3)oc2c1. The Labute approximate surface area is 119 Å². The Hall–Kier alpha value is -2.96. The van der Waals surface area contributed by atoms with Gasteiger partial charge in [-0.15, -0.1) is 0 Å². The first-order valence-corrected chi connectivity index (χ1v) is 6.12. The minimum atomic E-state index is -0.615. The molecule has 0 atom stereocenters. The van der Waals surface area contributed by atoms with Crippen LogP contribution in [0.3, 0.4) is 0 Å². The lowest BCUT2D eigenvalue weighted by molar-refractivity contribution is 0.0994. The predicted molar refractivity (Wildman–Crippen MR) is 73.6 cm³/mol. The van der Waals surface area contributed by atoms with E-state index in [-0.39, 0.29) is 17.3 Å². The molecule has 0 unspecified atom stereocenters. The van der Waals surface area contributed by atoms with Gasteiger partial charge in [0.25, 0.3) is 5.91 Å². The van der Waals surface area contributed by atoms with Gasteiger partial charge in [0, 0.05) is 12.1 Å². The molecule has 0 spiro atoms. The normalized spacial score (nSPS) is 10.8. The van der Waals surface area contributed by atoms with Gasteiger partial charge in [-0.25, -0.2) is 0 Å². The highest BCUT2D eigenvalue weighted by Crippen LogP contribution is 2.34. The van der Waals surface area contributed by atoms with Crippen LogP contribution in [0.15, 0.2) is 33.2 Å². The molecule has 7 heteroatoms. The summed E-state index contributed by atoms with van der Waals surface area (Å²) in [7, 11) is 1.52. The number of methoxy groups -OCH3 is 1. The Morgan fingerprint density at radius 2 is 2.19 bits per heavy atom. The number of rotatable bonds is 3. The lowest BCUT2D eigenvalue weighted by Gasteiger charge is -1.97. The Morgan fingerprint density at radius 1 is 1.38 bits per heavy atom. The first-order chi connectivity index (χ1) is 10.1. The van der Waals surface area contributed by atoms with Crippen LogP contribution in [-0.4, -0.2) is 23.3 Å². The average Bonchev–Trinajstić information content (AvgIpc) is 3.02. The van der Waals surface area contributed by atoms with Crippen molar-refractivity contribution in [1.29, 1.82) is 0 Å². The molecule has 0 aliphatic heterocycles. The van der Waals surface area contributed by atoms with Crippen LogP contribution >= 0.6 is 0 Å². The number of hydrogen-bond acceptors (Lipinski definition) is 6. The van der Waals surface area contributed by atoms with E-state index in [1.807, 2.05) is 0 Å². The van der Waals surface area contributed by atoms with Crippen molar-refractivity contribution in [2.45, 2.75) is 6.92 Å². The third kappa shape index (κ3) is 2.29. The number of carbonyl (C=O) groups is 1. The summed E-state index contributed by atoms with van der Waals surface area (Å²) >= 11 is 0. The van der Waals surface area contributed by atoms with Gasteiger partial charge >= 0.3 is 0 Å². The Balaban J connectivity index is 1.96. The number of fused-ring (bicyclic) bond motifs is 1. The second-order valence-corrected chi connectivity index (χ2v) is 4.42. The number of nitrogens with zero attached hydrogens (tertiary/aromatic N) is 1. The standard InChI is InChI=1S/C14H12N2O5/c1-7-5-11(16-21-7)15-14(18)13-12(17)9-4-3-8(19-2)6-10(9)20-13/h3-6,17H,1-2H3,(H,15,16,18). The number of nitrogens with one attached hydrogen (secondary N) is 1. The van der Waals surface area contributed by atoms with E-state index in [1.54, 1.807) is 31.2 Å². The number of amides is 1. The summed E-state index contributed by atoms with van der Waals surface area (Å²) in [5.74, 6) is 0.328. The van der Waals surface area contributed by atoms with E-state index >= 15 is 0 Å². The zero-order valence-electron chi connectivity index (χ0n) is 11.3. The molecule has 1 amide bonds. The first kappa shape index (κ1) is 13.0. The Morgan fingerprint density at radius 3 is 2.86 bits per heavy atom. The zero-order valence-corrected chi connectivity index (χ0v) is 11.3. The fourth-order valence-electron chi connectivity index (χ4n) is 1.94. The van der Waals surface area contributed by atoms with Crippen molar-refractivity contribution < 1.29 is 23.6 Å². The van der Waals surface area contributed by atoms with Crippen molar-refractivity contribution in [1.82, 2.24) is 5.16 Å². The molecule has 0 saturated heterocycles. The van der Waals surface area contributed by atoms with Crippen LogP contribution in [0.25, 0.3) is 11.0 Å². The Bertz CT molecular complexity index is 818. The van der Waals surface area contributed by atoms with Crippen LogP contribution < -0.4 is 10.1 Å². The maximum absolute atomic E-state index is 12.1. The van der Waals surface area contributed by atoms with E-state index in [4.69, 9.17) is 13.7 Å². The van der Waals surface area contributed by atoms with Crippen molar-refractivity contribution >= 4 is 22.7 Å². The molecule has 0 saturated carbocycles. The summed E-state index contributed by atoms with van der Waals surface area (Å²) in [5, 5.41) is 16.6. The smallest absolute Gasteiger partial charge is 0.296 e. The van der Waals surface area contributed by atoms with Crippen molar-refractivity contribution in [2.24, 2.45) is 0 Å². The number of carbonyl (C=O) groups excluding carboxylic acids is 1. The number of hydrogen-bond donors (Lipinski definition) is 2. The van der Waals surface area contributed by atoms with E-state index < -0.39 is 5.91 Å². The van der Waals surface area contributed by atoms with Crippen molar-refractivity contribution in [3.8, 4) is 11.5 Å². The van der Waals surface area contributed by atoms with Gasteiger partial charge in [-0.3, -0.25) is 4.79 Å². The van der Waals surface area contributed by atoms with Gasteiger partial charge in [-0.2, -0.15) is 0 Å². The summed E-state index contributed by atoms with van der Waals surface area (Å²) in [6.07, 6.45) is 0. The lowest BCUT2D eigenvalue weighted by Crippen LogP contribution is -2.11. The molecule has 0 fully saturated rings. The fraction of sp³-hybridized carbons (Fsp3) is 0.143.